The lowest BCUT2D eigenvalue weighted by Gasteiger charge is -2.22. The highest BCUT2D eigenvalue weighted by Crippen LogP contribution is 2.40. The molecule has 1 aromatic rings. The number of rotatable bonds is 10. The van der Waals surface area contributed by atoms with Gasteiger partial charge in [-0.2, -0.15) is 22.0 Å². The molecule has 0 aliphatic carbocycles. The molecule has 0 saturated carbocycles. The lowest BCUT2D eigenvalue weighted by atomic mass is 9.87. The van der Waals surface area contributed by atoms with Gasteiger partial charge in [0.15, 0.2) is 11.5 Å². The SMILES string of the molecule is COc1cc(CCC(C)(C)CO)cc(Cl)c1OCCCC(F)(F)C(F)(F)F. The minimum absolute atomic E-state index is 0.0294. The number of halogens is 6. The fourth-order valence-corrected chi connectivity index (χ4v) is 2.52. The van der Waals surface area contributed by atoms with Crippen molar-refractivity contribution >= 4 is 11.6 Å². The van der Waals surface area contributed by atoms with Crippen LogP contribution in [0.25, 0.3) is 0 Å². The van der Waals surface area contributed by atoms with Crippen LogP contribution in [-0.2, 0) is 6.42 Å². The van der Waals surface area contributed by atoms with Crippen LogP contribution >= 0.6 is 11.6 Å². The number of hydrogen-bond donors (Lipinski definition) is 1. The second-order valence-electron chi connectivity index (χ2n) is 7.09. The summed E-state index contributed by atoms with van der Waals surface area (Å²) in [6.45, 7) is 3.50. The topological polar surface area (TPSA) is 38.7 Å². The van der Waals surface area contributed by atoms with E-state index in [9.17, 15) is 27.1 Å². The summed E-state index contributed by atoms with van der Waals surface area (Å²) < 4.78 is 72.7. The van der Waals surface area contributed by atoms with E-state index in [0.29, 0.717) is 12.8 Å². The third kappa shape index (κ3) is 6.99. The zero-order valence-corrected chi connectivity index (χ0v) is 16.2. The molecule has 0 aliphatic heterocycles. The van der Waals surface area contributed by atoms with Gasteiger partial charge < -0.3 is 14.6 Å². The Morgan fingerprint density at radius 2 is 1.70 bits per heavy atom. The number of aryl methyl sites for hydroxylation is 1. The molecule has 0 unspecified atom stereocenters. The van der Waals surface area contributed by atoms with Gasteiger partial charge in [-0.05, 0) is 42.4 Å². The molecule has 9 heteroatoms. The maximum Gasteiger partial charge on any atom is 0.453 e. The zero-order chi connectivity index (χ0) is 20.9. The van der Waals surface area contributed by atoms with Crippen molar-refractivity contribution in [1.29, 1.82) is 0 Å². The highest BCUT2D eigenvalue weighted by Gasteiger charge is 2.56. The number of aliphatic hydroxyl groups is 1. The molecule has 1 N–H and O–H groups in total. The molecule has 0 atom stereocenters. The van der Waals surface area contributed by atoms with Gasteiger partial charge in [-0.15, -0.1) is 0 Å². The summed E-state index contributed by atoms with van der Waals surface area (Å²) in [4.78, 5) is 0. The molecular weight excluding hydrogens is 395 g/mol. The number of hydrogen-bond acceptors (Lipinski definition) is 3. The quantitative estimate of drug-likeness (QED) is 0.394. The Labute approximate surface area is 160 Å². The van der Waals surface area contributed by atoms with Crippen LogP contribution in [0, 0.1) is 5.41 Å². The summed E-state index contributed by atoms with van der Waals surface area (Å²) in [7, 11) is 1.37. The van der Waals surface area contributed by atoms with E-state index >= 15 is 0 Å². The average molecular weight is 419 g/mol. The van der Waals surface area contributed by atoms with Crippen molar-refractivity contribution in [3.8, 4) is 11.5 Å². The third-order valence-corrected chi connectivity index (χ3v) is 4.38. The van der Waals surface area contributed by atoms with Crippen LogP contribution in [0.1, 0.15) is 38.7 Å². The van der Waals surface area contributed by atoms with Crippen LogP contribution in [0.2, 0.25) is 5.02 Å². The van der Waals surface area contributed by atoms with E-state index in [1.165, 1.54) is 7.11 Å². The van der Waals surface area contributed by atoms with Crippen LogP contribution in [0.3, 0.4) is 0 Å². The van der Waals surface area contributed by atoms with E-state index in [0.717, 1.165) is 5.56 Å². The molecule has 1 rings (SSSR count). The van der Waals surface area contributed by atoms with Crippen LogP contribution < -0.4 is 9.47 Å². The fourth-order valence-electron chi connectivity index (χ4n) is 2.23. The summed E-state index contributed by atoms with van der Waals surface area (Å²) in [6.07, 6.45) is -6.15. The van der Waals surface area contributed by atoms with Gasteiger partial charge in [-0.3, -0.25) is 0 Å². The Kier molecular flexibility index (Phi) is 8.16. The first kappa shape index (κ1) is 23.8. The molecule has 0 fully saturated rings. The Bertz CT molecular complexity index is 618. The monoisotopic (exact) mass is 418 g/mol. The molecule has 0 heterocycles. The van der Waals surface area contributed by atoms with Gasteiger partial charge in [0.1, 0.15) is 0 Å². The van der Waals surface area contributed by atoms with E-state index in [-0.39, 0.29) is 35.2 Å². The molecular formula is C18H24ClF5O3. The highest BCUT2D eigenvalue weighted by atomic mass is 35.5. The molecule has 1 aromatic carbocycles. The first-order valence-electron chi connectivity index (χ1n) is 8.37. The number of benzene rings is 1. The van der Waals surface area contributed by atoms with E-state index in [1.54, 1.807) is 12.1 Å². The predicted octanol–water partition coefficient (Wildman–Crippen LogP) is 5.66. The number of methoxy groups -OCH3 is 1. The average Bonchev–Trinajstić information content (AvgIpc) is 2.56. The van der Waals surface area contributed by atoms with E-state index in [4.69, 9.17) is 21.1 Å². The van der Waals surface area contributed by atoms with Crippen molar-refractivity contribution in [3.63, 3.8) is 0 Å². The molecule has 0 amide bonds. The van der Waals surface area contributed by atoms with Gasteiger partial charge in [-0.25, -0.2) is 0 Å². The molecule has 0 bridgehead atoms. The normalized spacial score (nSPS) is 13.0. The van der Waals surface area contributed by atoms with Crippen molar-refractivity contribution in [1.82, 2.24) is 0 Å². The lowest BCUT2D eigenvalue weighted by Crippen LogP contribution is -2.36. The number of ether oxygens (including phenoxy) is 2. The second kappa shape index (κ2) is 9.28. The van der Waals surface area contributed by atoms with E-state index < -0.39 is 24.9 Å². The fraction of sp³-hybridized carbons (Fsp3) is 0.667. The first-order chi connectivity index (χ1) is 12.3. The van der Waals surface area contributed by atoms with Gasteiger partial charge >= 0.3 is 12.1 Å². The summed E-state index contributed by atoms with van der Waals surface area (Å²) in [5, 5.41) is 9.48. The highest BCUT2D eigenvalue weighted by molar-refractivity contribution is 6.32. The van der Waals surface area contributed by atoms with Gasteiger partial charge in [-0.1, -0.05) is 25.4 Å². The van der Waals surface area contributed by atoms with Crippen LogP contribution in [0.5, 0.6) is 11.5 Å². The van der Waals surface area contributed by atoms with Gasteiger partial charge in [0.25, 0.3) is 0 Å². The Morgan fingerprint density at radius 1 is 1.07 bits per heavy atom. The third-order valence-electron chi connectivity index (χ3n) is 4.10. The molecule has 0 saturated heterocycles. The summed E-state index contributed by atoms with van der Waals surface area (Å²) in [5.41, 5.74) is 0.563. The molecule has 0 radical (unpaired) electrons. The van der Waals surface area contributed by atoms with Crippen LogP contribution in [0.4, 0.5) is 22.0 Å². The van der Waals surface area contributed by atoms with E-state index in [2.05, 4.69) is 0 Å². The molecule has 156 valence electrons. The van der Waals surface area contributed by atoms with Gasteiger partial charge in [0.05, 0.1) is 18.7 Å². The van der Waals surface area contributed by atoms with Crippen molar-refractivity contribution in [2.45, 2.75) is 51.6 Å². The summed E-state index contributed by atoms with van der Waals surface area (Å²) >= 11 is 6.16. The molecule has 0 spiro atoms. The molecule has 0 aromatic heterocycles. The first-order valence-corrected chi connectivity index (χ1v) is 8.75. The van der Waals surface area contributed by atoms with Gasteiger partial charge in [0.2, 0.25) is 0 Å². The van der Waals surface area contributed by atoms with Crippen molar-refractivity contribution in [2.24, 2.45) is 5.41 Å². The molecule has 27 heavy (non-hydrogen) atoms. The Balaban J connectivity index is 2.73. The second-order valence-corrected chi connectivity index (χ2v) is 7.49. The van der Waals surface area contributed by atoms with Crippen LogP contribution in [-0.4, -0.2) is 37.5 Å². The van der Waals surface area contributed by atoms with Crippen molar-refractivity contribution in [3.05, 3.63) is 22.7 Å². The smallest absolute Gasteiger partial charge is 0.453 e. The van der Waals surface area contributed by atoms with Crippen molar-refractivity contribution < 1.29 is 36.5 Å². The number of alkyl halides is 5. The summed E-state index contributed by atoms with van der Waals surface area (Å²) in [6, 6.07) is 3.29. The van der Waals surface area contributed by atoms with E-state index in [1.807, 2.05) is 13.8 Å². The standard InChI is InChI=1S/C18H24ClF5O3/c1-16(2,11-25)7-5-12-9-13(19)15(14(10-12)26-3)27-8-4-6-17(20,21)18(22,23)24/h9-10,25H,4-8,11H2,1-3H3. The minimum atomic E-state index is -5.58. The van der Waals surface area contributed by atoms with Gasteiger partial charge in [0, 0.05) is 13.0 Å². The minimum Gasteiger partial charge on any atom is -0.493 e. The Morgan fingerprint density at radius 3 is 2.22 bits per heavy atom. The zero-order valence-electron chi connectivity index (χ0n) is 15.4. The summed E-state index contributed by atoms with van der Waals surface area (Å²) in [5.74, 6) is -4.39. The maximum absolute atomic E-state index is 12.9. The molecule has 3 nitrogen and oxygen atoms in total. The maximum atomic E-state index is 12.9. The Hall–Kier alpha value is -1.28. The van der Waals surface area contributed by atoms with Crippen molar-refractivity contribution in [2.75, 3.05) is 20.3 Å². The molecule has 0 aliphatic rings. The largest absolute Gasteiger partial charge is 0.493 e. The lowest BCUT2D eigenvalue weighted by molar-refractivity contribution is -0.284. The van der Waals surface area contributed by atoms with Crippen LogP contribution in [0.15, 0.2) is 12.1 Å². The predicted molar refractivity (Wildman–Crippen MR) is 92.9 cm³/mol. The number of aliphatic hydroxyl groups excluding tert-OH is 1.